The molecule has 100 valence electrons. The Morgan fingerprint density at radius 2 is 2.33 bits per heavy atom. The van der Waals surface area contributed by atoms with E-state index in [0.29, 0.717) is 12.5 Å². The number of nitrogen functional groups attached to an aromatic ring is 1. The molecule has 6 nitrogen and oxygen atoms in total. The van der Waals surface area contributed by atoms with Gasteiger partial charge in [0.15, 0.2) is 0 Å². The molecule has 0 spiro atoms. The minimum atomic E-state index is -0.308. The number of anilines is 3. The monoisotopic (exact) mass is 251 g/mol. The second-order valence-corrected chi connectivity index (χ2v) is 4.78. The second-order valence-electron chi connectivity index (χ2n) is 4.78. The lowest BCUT2D eigenvalue weighted by Crippen LogP contribution is -2.43. The van der Waals surface area contributed by atoms with Gasteiger partial charge in [-0.3, -0.25) is 0 Å². The predicted octanol–water partition coefficient (Wildman–Crippen LogP) is 0.698. The molecule has 6 heteroatoms. The van der Waals surface area contributed by atoms with Gasteiger partial charge in [0.2, 0.25) is 5.95 Å². The van der Waals surface area contributed by atoms with Gasteiger partial charge in [-0.15, -0.1) is 0 Å². The van der Waals surface area contributed by atoms with Gasteiger partial charge in [0.1, 0.15) is 11.6 Å². The van der Waals surface area contributed by atoms with Crippen molar-refractivity contribution in [1.29, 1.82) is 0 Å². The molecule has 2 rings (SSSR count). The Labute approximate surface area is 107 Å². The highest BCUT2D eigenvalue weighted by Gasteiger charge is 2.25. The molecule has 0 radical (unpaired) electrons. The molecule has 0 aliphatic carbocycles. The number of rotatable bonds is 3. The van der Waals surface area contributed by atoms with Gasteiger partial charge in [-0.25, -0.2) is 0 Å². The average Bonchev–Trinajstić information content (AvgIpc) is 2.32. The van der Waals surface area contributed by atoms with Crippen molar-refractivity contribution in [3.8, 4) is 0 Å². The van der Waals surface area contributed by atoms with Gasteiger partial charge in [0, 0.05) is 25.7 Å². The molecule has 0 amide bonds. The van der Waals surface area contributed by atoms with Crippen molar-refractivity contribution in [2.45, 2.75) is 26.4 Å². The quantitative estimate of drug-likeness (QED) is 0.733. The van der Waals surface area contributed by atoms with Crippen molar-refractivity contribution in [3.63, 3.8) is 0 Å². The molecule has 0 aromatic carbocycles. The van der Waals surface area contributed by atoms with Crippen LogP contribution >= 0.6 is 0 Å². The van der Waals surface area contributed by atoms with Crippen molar-refractivity contribution < 1.29 is 5.11 Å². The molecule has 18 heavy (non-hydrogen) atoms. The number of nitrogens with zero attached hydrogens (tertiary/aromatic N) is 3. The van der Waals surface area contributed by atoms with Crippen LogP contribution < -0.4 is 16.0 Å². The number of aliphatic hydroxyl groups excluding tert-OH is 1. The first kappa shape index (κ1) is 12.9. The average molecular weight is 251 g/mol. The number of β-amino-alcohol motifs (C(OH)–C–C–N with tert-alkyl or cyclic N) is 1. The van der Waals surface area contributed by atoms with E-state index in [1.165, 1.54) is 0 Å². The maximum absolute atomic E-state index is 9.92. The van der Waals surface area contributed by atoms with Crippen LogP contribution in [-0.2, 0) is 0 Å². The van der Waals surface area contributed by atoms with Crippen molar-refractivity contribution in [2.24, 2.45) is 5.92 Å². The zero-order valence-corrected chi connectivity index (χ0v) is 10.9. The molecule has 2 atom stereocenters. The van der Waals surface area contributed by atoms with Crippen molar-refractivity contribution in [3.05, 3.63) is 6.07 Å². The highest BCUT2D eigenvalue weighted by Crippen LogP contribution is 2.23. The van der Waals surface area contributed by atoms with Crippen molar-refractivity contribution in [2.75, 3.05) is 35.6 Å². The summed E-state index contributed by atoms with van der Waals surface area (Å²) in [6.07, 6.45) is 0.652. The summed E-state index contributed by atoms with van der Waals surface area (Å²) in [5.74, 6) is 2.11. The summed E-state index contributed by atoms with van der Waals surface area (Å²) in [4.78, 5) is 10.4. The van der Waals surface area contributed by atoms with Crippen LogP contribution in [0.3, 0.4) is 0 Å². The van der Waals surface area contributed by atoms with E-state index in [4.69, 9.17) is 5.73 Å². The van der Waals surface area contributed by atoms with Crippen LogP contribution in [0.2, 0.25) is 0 Å². The molecule has 1 aliphatic heterocycles. The van der Waals surface area contributed by atoms with Gasteiger partial charge in [0.05, 0.1) is 6.10 Å². The van der Waals surface area contributed by atoms with Crippen LogP contribution in [0, 0.1) is 5.92 Å². The Kier molecular flexibility index (Phi) is 3.86. The zero-order chi connectivity index (χ0) is 13.1. The van der Waals surface area contributed by atoms with E-state index < -0.39 is 0 Å². The third-order valence-corrected chi connectivity index (χ3v) is 3.33. The first-order valence-electron chi connectivity index (χ1n) is 6.41. The summed E-state index contributed by atoms with van der Waals surface area (Å²) in [6.45, 7) is 6.35. The number of aromatic nitrogens is 2. The van der Waals surface area contributed by atoms with Crippen LogP contribution in [0.5, 0.6) is 0 Å². The Morgan fingerprint density at radius 3 is 3.00 bits per heavy atom. The van der Waals surface area contributed by atoms with Gasteiger partial charge in [0.25, 0.3) is 0 Å². The molecule has 2 heterocycles. The predicted molar refractivity (Wildman–Crippen MR) is 72.6 cm³/mol. The zero-order valence-electron chi connectivity index (χ0n) is 10.9. The SMILES string of the molecule is CCNc1cc(N2CCC(C)C(O)C2)nc(N)n1. The topological polar surface area (TPSA) is 87.3 Å². The molecule has 1 saturated heterocycles. The lowest BCUT2D eigenvalue weighted by molar-refractivity contribution is 0.102. The van der Waals surface area contributed by atoms with Crippen LogP contribution in [0.25, 0.3) is 0 Å². The lowest BCUT2D eigenvalue weighted by Gasteiger charge is -2.35. The number of piperidine rings is 1. The summed E-state index contributed by atoms with van der Waals surface area (Å²) in [5.41, 5.74) is 5.71. The Hall–Kier alpha value is -1.56. The molecular weight excluding hydrogens is 230 g/mol. The molecule has 2 unspecified atom stereocenters. The third-order valence-electron chi connectivity index (χ3n) is 3.33. The summed E-state index contributed by atoms with van der Waals surface area (Å²) in [5, 5.41) is 13.0. The minimum absolute atomic E-state index is 0.261. The normalized spacial score (nSPS) is 24.1. The Morgan fingerprint density at radius 1 is 1.56 bits per heavy atom. The number of aliphatic hydroxyl groups is 1. The number of hydrogen-bond acceptors (Lipinski definition) is 6. The first-order valence-corrected chi connectivity index (χ1v) is 6.41. The maximum Gasteiger partial charge on any atom is 0.223 e. The fourth-order valence-corrected chi connectivity index (χ4v) is 2.14. The van der Waals surface area contributed by atoms with Crippen molar-refractivity contribution in [1.82, 2.24) is 9.97 Å². The molecule has 1 aliphatic rings. The van der Waals surface area contributed by atoms with Crippen LogP contribution in [0.4, 0.5) is 17.6 Å². The van der Waals surface area contributed by atoms with Gasteiger partial charge >= 0.3 is 0 Å². The summed E-state index contributed by atoms with van der Waals surface area (Å²) in [7, 11) is 0. The molecular formula is C12H21N5O. The van der Waals surface area contributed by atoms with Gasteiger partial charge in [-0.2, -0.15) is 9.97 Å². The summed E-state index contributed by atoms with van der Waals surface area (Å²) in [6, 6.07) is 1.88. The number of hydrogen-bond donors (Lipinski definition) is 3. The van der Waals surface area contributed by atoms with E-state index in [0.717, 1.165) is 31.1 Å². The van der Waals surface area contributed by atoms with E-state index in [2.05, 4.69) is 27.1 Å². The highest BCUT2D eigenvalue weighted by atomic mass is 16.3. The van der Waals surface area contributed by atoms with Crippen LogP contribution in [0.15, 0.2) is 6.07 Å². The smallest absolute Gasteiger partial charge is 0.223 e. The van der Waals surface area contributed by atoms with Gasteiger partial charge in [-0.05, 0) is 19.3 Å². The Bertz CT molecular complexity index is 411. The van der Waals surface area contributed by atoms with Crippen molar-refractivity contribution >= 4 is 17.6 Å². The standard InChI is InChI=1S/C12H21N5O/c1-3-14-10-6-11(16-12(13)15-10)17-5-4-8(2)9(18)7-17/h6,8-9,18H,3-5,7H2,1-2H3,(H3,13,14,15,16). The maximum atomic E-state index is 9.92. The summed E-state index contributed by atoms with van der Waals surface area (Å²) < 4.78 is 0. The molecule has 4 N–H and O–H groups in total. The second kappa shape index (κ2) is 5.39. The summed E-state index contributed by atoms with van der Waals surface area (Å²) >= 11 is 0. The van der Waals surface area contributed by atoms with Crippen LogP contribution in [0.1, 0.15) is 20.3 Å². The van der Waals surface area contributed by atoms with Gasteiger partial charge < -0.3 is 21.1 Å². The molecule has 0 saturated carbocycles. The number of nitrogens with one attached hydrogen (secondary N) is 1. The van der Waals surface area contributed by atoms with Crippen LogP contribution in [-0.4, -0.2) is 40.8 Å². The number of nitrogens with two attached hydrogens (primary N) is 1. The fraction of sp³-hybridized carbons (Fsp3) is 0.667. The molecule has 1 aromatic heterocycles. The van der Waals surface area contributed by atoms with E-state index in [1.807, 2.05) is 13.0 Å². The van der Waals surface area contributed by atoms with Gasteiger partial charge in [-0.1, -0.05) is 6.92 Å². The van der Waals surface area contributed by atoms with E-state index in [9.17, 15) is 5.11 Å². The highest BCUT2D eigenvalue weighted by molar-refractivity contribution is 5.52. The Balaban J connectivity index is 2.17. The molecule has 1 fully saturated rings. The molecule has 0 bridgehead atoms. The first-order chi connectivity index (χ1) is 8.60. The largest absolute Gasteiger partial charge is 0.391 e. The van der Waals surface area contributed by atoms with E-state index in [1.54, 1.807) is 0 Å². The minimum Gasteiger partial charge on any atom is -0.391 e. The fourth-order valence-electron chi connectivity index (χ4n) is 2.14. The molecule has 1 aromatic rings. The third kappa shape index (κ3) is 2.81. The lowest BCUT2D eigenvalue weighted by atomic mass is 9.96. The van der Waals surface area contributed by atoms with E-state index in [-0.39, 0.29) is 12.1 Å². The van der Waals surface area contributed by atoms with E-state index >= 15 is 0 Å².